The van der Waals surface area contributed by atoms with Crippen LogP contribution in [0.25, 0.3) is 0 Å². The second-order valence-corrected chi connectivity index (χ2v) is 9.12. The normalized spacial score (nSPS) is 12.9. The fourth-order valence-electron chi connectivity index (χ4n) is 4.85. The van der Waals surface area contributed by atoms with Gasteiger partial charge >= 0.3 is 5.97 Å². The van der Waals surface area contributed by atoms with Crippen LogP contribution in [0.4, 0.5) is 21.5 Å². The molecule has 0 saturated heterocycles. The number of amides is 1. The Morgan fingerprint density at radius 1 is 0.921 bits per heavy atom. The Kier molecular flexibility index (Phi) is 7.09. The van der Waals surface area contributed by atoms with Crippen molar-refractivity contribution in [3.8, 4) is 5.75 Å². The van der Waals surface area contributed by atoms with Gasteiger partial charge in [0.15, 0.2) is 0 Å². The average Bonchev–Trinajstić information content (AvgIpc) is 3.15. The highest BCUT2D eigenvalue weighted by molar-refractivity contribution is 6.05. The molecule has 4 aromatic rings. The summed E-state index contributed by atoms with van der Waals surface area (Å²) in [5.74, 6) is -1.91. The summed E-state index contributed by atoms with van der Waals surface area (Å²) in [7, 11) is 1.59. The van der Waals surface area contributed by atoms with Gasteiger partial charge in [0, 0.05) is 25.3 Å². The van der Waals surface area contributed by atoms with Gasteiger partial charge in [-0.15, -0.1) is 0 Å². The molecule has 0 bridgehead atoms. The standard InChI is InChI=1S/C31H27FN2O4/c1-33(30(35)29(21-9-4-2-5-10-21)22-11-6-3-7-12-22)26-15-14-24(20-25(26)31(36)37)34-17-8-18-38-28-16-13-23(32)19-27(28)34/h2-7,9-16,19-20,29H,8,17-18H2,1H3,(H,36,37). The van der Waals surface area contributed by atoms with Crippen LogP contribution in [0, 0.1) is 5.82 Å². The van der Waals surface area contributed by atoms with Gasteiger partial charge in [-0.3, -0.25) is 4.79 Å². The number of ether oxygens (including phenoxy) is 1. The van der Waals surface area contributed by atoms with Crippen LogP contribution in [-0.4, -0.2) is 37.2 Å². The maximum atomic E-state index is 14.1. The van der Waals surface area contributed by atoms with Gasteiger partial charge < -0.3 is 19.6 Å². The Bertz CT molecular complexity index is 1420. The minimum absolute atomic E-state index is 0.0265. The first-order chi connectivity index (χ1) is 18.4. The molecule has 0 unspecified atom stereocenters. The Morgan fingerprint density at radius 2 is 1.58 bits per heavy atom. The van der Waals surface area contributed by atoms with Crippen LogP contribution in [0.1, 0.15) is 33.8 Å². The molecule has 1 amide bonds. The summed E-state index contributed by atoms with van der Waals surface area (Å²) in [6.45, 7) is 0.990. The van der Waals surface area contributed by atoms with Gasteiger partial charge in [0.25, 0.3) is 0 Å². The second-order valence-electron chi connectivity index (χ2n) is 9.12. The molecule has 192 valence electrons. The lowest BCUT2D eigenvalue weighted by Gasteiger charge is -2.28. The van der Waals surface area contributed by atoms with Crippen LogP contribution >= 0.6 is 0 Å². The Hall–Kier alpha value is -4.65. The Labute approximate surface area is 220 Å². The first-order valence-electron chi connectivity index (χ1n) is 12.4. The molecule has 0 atom stereocenters. The molecule has 0 aliphatic carbocycles. The van der Waals surface area contributed by atoms with E-state index in [1.807, 2.05) is 65.6 Å². The summed E-state index contributed by atoms with van der Waals surface area (Å²) in [6.07, 6.45) is 0.675. The van der Waals surface area contributed by atoms with E-state index >= 15 is 0 Å². The third-order valence-corrected chi connectivity index (χ3v) is 6.72. The van der Waals surface area contributed by atoms with Gasteiger partial charge in [-0.1, -0.05) is 60.7 Å². The molecule has 1 heterocycles. The van der Waals surface area contributed by atoms with Crippen molar-refractivity contribution < 1.29 is 23.8 Å². The van der Waals surface area contributed by atoms with Crippen molar-refractivity contribution in [3.05, 3.63) is 120 Å². The van der Waals surface area contributed by atoms with Gasteiger partial charge in [0.05, 0.1) is 29.5 Å². The van der Waals surface area contributed by atoms with Crippen molar-refractivity contribution in [2.45, 2.75) is 12.3 Å². The molecule has 6 nitrogen and oxygen atoms in total. The molecule has 5 rings (SSSR count). The van der Waals surface area contributed by atoms with Crippen LogP contribution in [0.2, 0.25) is 0 Å². The fourth-order valence-corrected chi connectivity index (χ4v) is 4.85. The third-order valence-electron chi connectivity index (χ3n) is 6.72. The smallest absolute Gasteiger partial charge is 0.337 e. The predicted molar refractivity (Wildman–Crippen MR) is 145 cm³/mol. The number of hydrogen-bond acceptors (Lipinski definition) is 4. The maximum absolute atomic E-state index is 14.1. The zero-order valence-corrected chi connectivity index (χ0v) is 20.9. The molecule has 1 N–H and O–H groups in total. The van der Waals surface area contributed by atoms with Crippen molar-refractivity contribution in [1.82, 2.24) is 0 Å². The number of benzene rings is 4. The van der Waals surface area contributed by atoms with Crippen LogP contribution < -0.4 is 14.5 Å². The molecule has 0 saturated carbocycles. The number of hydrogen-bond donors (Lipinski definition) is 1. The van der Waals surface area contributed by atoms with E-state index in [-0.39, 0.29) is 17.2 Å². The highest BCUT2D eigenvalue weighted by atomic mass is 19.1. The average molecular weight is 511 g/mol. The van der Waals surface area contributed by atoms with E-state index in [1.165, 1.54) is 23.1 Å². The third kappa shape index (κ3) is 4.95. The number of carboxylic acid groups (broad SMARTS) is 1. The van der Waals surface area contributed by atoms with Crippen molar-refractivity contribution in [1.29, 1.82) is 0 Å². The minimum Gasteiger partial charge on any atom is -0.491 e. The molecule has 0 aromatic heterocycles. The van der Waals surface area contributed by atoms with Crippen LogP contribution in [0.5, 0.6) is 5.75 Å². The van der Waals surface area contributed by atoms with Gasteiger partial charge in [0.1, 0.15) is 11.6 Å². The fraction of sp³-hybridized carbons (Fsp3) is 0.161. The molecule has 1 aliphatic heterocycles. The molecule has 4 aromatic carbocycles. The molecular formula is C31H27FN2O4. The molecule has 0 radical (unpaired) electrons. The van der Waals surface area contributed by atoms with Crippen molar-refractivity contribution in [2.75, 3.05) is 30.0 Å². The topological polar surface area (TPSA) is 70.1 Å². The summed E-state index contributed by atoms with van der Waals surface area (Å²) in [4.78, 5) is 29.6. The number of carbonyl (C=O) groups excluding carboxylic acids is 1. The number of carboxylic acids is 1. The van der Waals surface area contributed by atoms with Crippen LogP contribution in [0.15, 0.2) is 97.1 Å². The Balaban J connectivity index is 1.54. The summed E-state index contributed by atoms with van der Waals surface area (Å²) in [5, 5.41) is 10.1. The van der Waals surface area contributed by atoms with E-state index in [0.29, 0.717) is 36.7 Å². The number of carbonyl (C=O) groups is 2. The van der Waals surface area contributed by atoms with Crippen LogP contribution in [0.3, 0.4) is 0 Å². The number of nitrogens with zero attached hydrogens (tertiary/aromatic N) is 2. The molecule has 1 aliphatic rings. The van der Waals surface area contributed by atoms with Crippen LogP contribution in [-0.2, 0) is 4.79 Å². The zero-order valence-electron chi connectivity index (χ0n) is 20.9. The minimum atomic E-state index is -1.16. The van der Waals surface area contributed by atoms with E-state index in [1.54, 1.807) is 25.2 Å². The monoisotopic (exact) mass is 510 g/mol. The van der Waals surface area contributed by atoms with Crippen molar-refractivity contribution >= 4 is 28.9 Å². The largest absolute Gasteiger partial charge is 0.491 e. The second kappa shape index (κ2) is 10.8. The number of aromatic carboxylic acids is 1. The van der Waals surface area contributed by atoms with Gasteiger partial charge in [0.2, 0.25) is 5.91 Å². The highest BCUT2D eigenvalue weighted by Gasteiger charge is 2.29. The number of rotatable bonds is 6. The van der Waals surface area contributed by atoms with Gasteiger partial charge in [-0.25, -0.2) is 9.18 Å². The van der Waals surface area contributed by atoms with E-state index in [9.17, 15) is 19.1 Å². The molecule has 7 heteroatoms. The molecule has 0 fully saturated rings. The van der Waals surface area contributed by atoms with E-state index < -0.39 is 17.7 Å². The van der Waals surface area contributed by atoms with Crippen molar-refractivity contribution in [3.63, 3.8) is 0 Å². The first kappa shape index (κ1) is 25.0. The molecule has 38 heavy (non-hydrogen) atoms. The number of likely N-dealkylation sites (N-methyl/N-ethyl adjacent to an activating group) is 1. The first-order valence-corrected chi connectivity index (χ1v) is 12.4. The van der Waals surface area contributed by atoms with E-state index in [0.717, 1.165) is 11.1 Å². The lowest BCUT2D eigenvalue weighted by Crippen LogP contribution is -2.33. The zero-order chi connectivity index (χ0) is 26.6. The SMILES string of the molecule is CN(C(=O)C(c1ccccc1)c1ccccc1)c1ccc(N2CCCOc3ccc(F)cc32)cc1C(=O)O. The number of anilines is 3. The molecule has 0 spiro atoms. The lowest BCUT2D eigenvalue weighted by molar-refractivity contribution is -0.118. The number of fused-ring (bicyclic) bond motifs is 1. The summed E-state index contributed by atoms with van der Waals surface area (Å²) in [5.41, 5.74) is 2.98. The predicted octanol–water partition coefficient (Wildman–Crippen LogP) is 6.24. The van der Waals surface area contributed by atoms with E-state index in [2.05, 4.69) is 0 Å². The van der Waals surface area contributed by atoms with Gasteiger partial charge in [-0.2, -0.15) is 0 Å². The highest BCUT2D eigenvalue weighted by Crippen LogP contribution is 2.39. The lowest BCUT2D eigenvalue weighted by atomic mass is 9.90. The summed E-state index contributed by atoms with van der Waals surface area (Å²) < 4.78 is 19.9. The summed E-state index contributed by atoms with van der Waals surface area (Å²) in [6, 6.07) is 28.1. The Morgan fingerprint density at radius 3 is 2.21 bits per heavy atom. The maximum Gasteiger partial charge on any atom is 0.337 e. The summed E-state index contributed by atoms with van der Waals surface area (Å²) >= 11 is 0. The quantitative estimate of drug-likeness (QED) is 0.333. The van der Waals surface area contributed by atoms with E-state index in [4.69, 9.17) is 4.74 Å². The van der Waals surface area contributed by atoms with Crippen molar-refractivity contribution in [2.24, 2.45) is 0 Å². The number of halogens is 1. The van der Waals surface area contributed by atoms with Gasteiger partial charge in [-0.05, 0) is 47.9 Å². The molecular weight excluding hydrogens is 483 g/mol.